The SMILES string of the molecule is CCCCCCCCCc1ccc(-c2ccc(-c3ccc(C4=CCC(C5CCC(C)CC5)CC4)c(F)c3)cc2)c(F)c1F. The van der Waals surface area contributed by atoms with E-state index in [4.69, 9.17) is 0 Å². The molecule has 0 radical (unpaired) electrons. The molecule has 2 aliphatic carbocycles. The second-order valence-electron chi connectivity index (χ2n) is 13.3. The molecule has 0 heterocycles. The number of halogens is 3. The maximum atomic E-state index is 15.3. The Morgan fingerprint density at radius 1 is 0.628 bits per heavy atom. The first-order valence-corrected chi connectivity index (χ1v) is 17.0. The highest BCUT2D eigenvalue weighted by atomic mass is 19.2. The van der Waals surface area contributed by atoms with E-state index in [-0.39, 0.29) is 11.4 Å². The number of hydrogen-bond donors (Lipinski definition) is 0. The monoisotopic (exact) mass is 586 g/mol. The van der Waals surface area contributed by atoms with Gasteiger partial charge in [0.2, 0.25) is 0 Å². The second-order valence-corrected chi connectivity index (χ2v) is 13.3. The molecule has 0 aromatic heterocycles. The molecule has 0 aliphatic heterocycles. The third-order valence-corrected chi connectivity index (χ3v) is 10.2. The van der Waals surface area contributed by atoms with Gasteiger partial charge >= 0.3 is 0 Å². The largest absolute Gasteiger partial charge is 0.206 e. The lowest BCUT2D eigenvalue weighted by molar-refractivity contribution is 0.202. The average Bonchev–Trinajstić information content (AvgIpc) is 3.03. The van der Waals surface area contributed by atoms with Crippen LogP contribution in [0.3, 0.4) is 0 Å². The fourth-order valence-electron chi connectivity index (χ4n) is 7.36. The smallest absolute Gasteiger partial charge is 0.166 e. The zero-order valence-corrected chi connectivity index (χ0v) is 26.2. The average molecular weight is 587 g/mol. The van der Waals surface area contributed by atoms with Gasteiger partial charge in [0.25, 0.3) is 0 Å². The Labute approximate surface area is 257 Å². The van der Waals surface area contributed by atoms with Crippen LogP contribution in [0.1, 0.15) is 115 Å². The lowest BCUT2D eigenvalue weighted by atomic mass is 9.71. The van der Waals surface area contributed by atoms with E-state index in [1.54, 1.807) is 30.3 Å². The summed E-state index contributed by atoms with van der Waals surface area (Å²) in [5.41, 5.74) is 4.82. The summed E-state index contributed by atoms with van der Waals surface area (Å²) in [5.74, 6) is 0.738. The minimum atomic E-state index is -0.787. The van der Waals surface area contributed by atoms with Crippen molar-refractivity contribution in [3.05, 3.63) is 89.3 Å². The van der Waals surface area contributed by atoms with E-state index < -0.39 is 11.6 Å². The minimum absolute atomic E-state index is 0.192. The van der Waals surface area contributed by atoms with Crippen molar-refractivity contribution in [1.29, 1.82) is 0 Å². The Bertz CT molecular complexity index is 1360. The van der Waals surface area contributed by atoms with Crippen LogP contribution < -0.4 is 0 Å². The van der Waals surface area contributed by atoms with Crippen molar-refractivity contribution >= 4 is 5.57 Å². The summed E-state index contributed by atoms with van der Waals surface area (Å²) >= 11 is 0. The van der Waals surface area contributed by atoms with Gasteiger partial charge in [-0.3, -0.25) is 0 Å². The van der Waals surface area contributed by atoms with Crippen LogP contribution in [0.2, 0.25) is 0 Å². The Morgan fingerprint density at radius 3 is 1.95 bits per heavy atom. The quantitative estimate of drug-likeness (QED) is 0.185. The van der Waals surface area contributed by atoms with E-state index in [2.05, 4.69) is 19.9 Å². The van der Waals surface area contributed by atoms with Crippen LogP contribution in [0.4, 0.5) is 13.2 Å². The molecule has 0 nitrogen and oxygen atoms in total. The first kappa shape index (κ1) is 31.6. The molecule has 3 heteroatoms. The Balaban J connectivity index is 1.19. The summed E-state index contributed by atoms with van der Waals surface area (Å²) in [5, 5.41) is 0. The van der Waals surface area contributed by atoms with Crippen molar-refractivity contribution < 1.29 is 13.2 Å². The van der Waals surface area contributed by atoms with Gasteiger partial charge in [0.15, 0.2) is 11.6 Å². The van der Waals surface area contributed by atoms with Crippen molar-refractivity contribution in [2.45, 2.75) is 110 Å². The predicted octanol–water partition coefficient (Wildman–Crippen LogP) is 12.7. The normalized spacial score (nSPS) is 20.7. The molecule has 1 unspecified atom stereocenters. The molecular formula is C40H49F3. The second kappa shape index (κ2) is 15.3. The van der Waals surface area contributed by atoms with E-state index in [1.807, 2.05) is 24.3 Å². The maximum Gasteiger partial charge on any atom is 0.166 e. The van der Waals surface area contributed by atoms with Crippen LogP contribution in [0, 0.1) is 35.2 Å². The van der Waals surface area contributed by atoms with E-state index >= 15 is 8.78 Å². The summed E-state index contributed by atoms with van der Waals surface area (Å²) in [6.07, 6.45) is 19.5. The van der Waals surface area contributed by atoms with Gasteiger partial charge in [-0.05, 0) is 96.6 Å². The van der Waals surface area contributed by atoms with E-state index in [1.165, 1.54) is 51.4 Å². The number of rotatable bonds is 12. The molecule has 0 bridgehead atoms. The van der Waals surface area contributed by atoms with Crippen LogP contribution >= 0.6 is 0 Å². The van der Waals surface area contributed by atoms with Crippen LogP contribution in [0.25, 0.3) is 27.8 Å². The van der Waals surface area contributed by atoms with Crippen molar-refractivity contribution in [1.82, 2.24) is 0 Å². The summed E-state index contributed by atoms with van der Waals surface area (Å²) < 4.78 is 45.3. The first-order valence-electron chi connectivity index (χ1n) is 17.0. The molecule has 0 amide bonds. The van der Waals surface area contributed by atoms with E-state index in [9.17, 15) is 4.39 Å². The molecule has 1 atom stereocenters. The van der Waals surface area contributed by atoms with Crippen molar-refractivity contribution in [2.24, 2.45) is 17.8 Å². The summed E-state index contributed by atoms with van der Waals surface area (Å²) in [7, 11) is 0. The maximum absolute atomic E-state index is 15.3. The Hall–Kier alpha value is -2.81. The van der Waals surface area contributed by atoms with Gasteiger partial charge in [-0.15, -0.1) is 0 Å². The summed E-state index contributed by atoms with van der Waals surface area (Å²) in [6, 6.07) is 16.2. The van der Waals surface area contributed by atoms with E-state index in [0.717, 1.165) is 73.0 Å². The molecule has 0 N–H and O–H groups in total. The van der Waals surface area contributed by atoms with Crippen LogP contribution in [0.15, 0.2) is 60.7 Å². The van der Waals surface area contributed by atoms with Gasteiger partial charge in [0.05, 0.1) is 0 Å². The molecule has 230 valence electrons. The summed E-state index contributed by atoms with van der Waals surface area (Å²) in [6.45, 7) is 4.57. The number of aryl methyl sites for hydroxylation is 1. The minimum Gasteiger partial charge on any atom is -0.206 e. The lowest BCUT2D eigenvalue weighted by Crippen LogP contribution is -2.22. The van der Waals surface area contributed by atoms with Gasteiger partial charge in [-0.25, -0.2) is 13.2 Å². The van der Waals surface area contributed by atoms with Crippen molar-refractivity contribution in [3.8, 4) is 22.3 Å². The molecule has 3 aromatic carbocycles. The standard InChI is InChI=1S/C40H49F3/c1-3-4-5-6-7-8-9-10-34-23-26-37(40(43)39(34)42)33-21-17-31(18-22-33)35-24-25-36(38(41)27-35)32-19-15-30(16-20-32)29-13-11-28(2)12-14-29/h17-19,21-30H,3-16,20H2,1-2H3. The fourth-order valence-corrected chi connectivity index (χ4v) is 7.36. The first-order chi connectivity index (χ1) is 20.9. The molecule has 5 rings (SSSR count). The van der Waals surface area contributed by atoms with Crippen LogP contribution in [-0.4, -0.2) is 0 Å². The molecule has 0 spiro atoms. The highest BCUT2D eigenvalue weighted by Crippen LogP contribution is 2.42. The van der Waals surface area contributed by atoms with E-state index in [0.29, 0.717) is 23.1 Å². The summed E-state index contributed by atoms with van der Waals surface area (Å²) in [4.78, 5) is 0. The highest BCUT2D eigenvalue weighted by molar-refractivity contribution is 5.74. The zero-order chi connectivity index (χ0) is 30.2. The van der Waals surface area contributed by atoms with Crippen molar-refractivity contribution in [3.63, 3.8) is 0 Å². The number of benzene rings is 3. The highest BCUT2D eigenvalue weighted by Gasteiger charge is 2.28. The molecule has 1 saturated carbocycles. The molecule has 1 fully saturated rings. The zero-order valence-electron chi connectivity index (χ0n) is 26.2. The van der Waals surface area contributed by atoms with Crippen LogP contribution in [-0.2, 0) is 6.42 Å². The third kappa shape index (κ3) is 8.02. The number of hydrogen-bond acceptors (Lipinski definition) is 0. The molecular weight excluding hydrogens is 537 g/mol. The lowest BCUT2D eigenvalue weighted by Gasteiger charge is -2.34. The number of allylic oxidation sites excluding steroid dienone is 2. The molecule has 3 aromatic rings. The Kier molecular flexibility index (Phi) is 11.2. The van der Waals surface area contributed by atoms with Gasteiger partial charge < -0.3 is 0 Å². The van der Waals surface area contributed by atoms with Crippen LogP contribution in [0.5, 0.6) is 0 Å². The fraction of sp³-hybridized carbons (Fsp3) is 0.500. The Morgan fingerprint density at radius 2 is 1.28 bits per heavy atom. The predicted molar refractivity (Wildman–Crippen MR) is 175 cm³/mol. The van der Waals surface area contributed by atoms with Crippen molar-refractivity contribution in [2.75, 3.05) is 0 Å². The molecule has 2 aliphatic rings. The molecule has 43 heavy (non-hydrogen) atoms. The van der Waals surface area contributed by atoms with Gasteiger partial charge in [0, 0.05) is 11.1 Å². The van der Waals surface area contributed by atoms with Gasteiger partial charge in [-0.1, -0.05) is 120 Å². The third-order valence-electron chi connectivity index (χ3n) is 10.2. The molecule has 0 saturated heterocycles. The van der Waals surface area contributed by atoms with Gasteiger partial charge in [-0.2, -0.15) is 0 Å². The number of unbranched alkanes of at least 4 members (excludes halogenated alkanes) is 6. The van der Waals surface area contributed by atoms with Gasteiger partial charge in [0.1, 0.15) is 5.82 Å². The topological polar surface area (TPSA) is 0 Å².